The van der Waals surface area contributed by atoms with E-state index in [1.54, 1.807) is 57.2 Å². The fraction of sp³-hybridized carbons (Fsp3) is 0.263. The number of carbonyl (C=O) groups excluding carboxylic acids is 2. The summed E-state index contributed by atoms with van der Waals surface area (Å²) in [5, 5.41) is 2.64. The number of nitrogens with two attached hydrogens (primary N) is 1. The second-order valence-electron chi connectivity index (χ2n) is 6.50. The number of carbonyl (C=O) groups is 2. The van der Waals surface area contributed by atoms with E-state index >= 15 is 0 Å². The first-order valence-electron chi connectivity index (χ1n) is 7.94. The van der Waals surface area contributed by atoms with Crippen molar-refractivity contribution in [1.29, 1.82) is 0 Å². The van der Waals surface area contributed by atoms with E-state index in [1.165, 1.54) is 13.2 Å². The van der Waals surface area contributed by atoms with Crippen LogP contribution in [0.2, 0.25) is 0 Å². The highest BCUT2D eigenvalue weighted by Gasteiger charge is 2.16. The van der Waals surface area contributed by atoms with Crippen LogP contribution in [0.25, 0.3) is 0 Å². The van der Waals surface area contributed by atoms with E-state index < -0.39 is 17.7 Å². The van der Waals surface area contributed by atoms with Gasteiger partial charge in [0.05, 0.1) is 12.7 Å². The molecule has 0 heterocycles. The van der Waals surface area contributed by atoms with E-state index in [0.717, 1.165) is 0 Å². The summed E-state index contributed by atoms with van der Waals surface area (Å²) in [4.78, 5) is 23.6. The molecule has 2 rings (SSSR count). The van der Waals surface area contributed by atoms with E-state index in [0.29, 0.717) is 22.9 Å². The Balaban J connectivity index is 2.14. The molecule has 3 N–H and O–H groups in total. The average Bonchev–Trinajstić information content (AvgIpc) is 2.54. The number of ether oxygens (including phenoxy) is 3. The highest BCUT2D eigenvalue weighted by atomic mass is 16.6. The number of rotatable bonds is 4. The van der Waals surface area contributed by atoms with E-state index in [2.05, 4.69) is 10.1 Å². The van der Waals surface area contributed by atoms with Crippen LogP contribution in [0.4, 0.5) is 16.2 Å². The third-order valence-electron chi connectivity index (χ3n) is 3.15. The lowest BCUT2D eigenvalue weighted by Gasteiger charge is -2.19. The monoisotopic (exact) mass is 358 g/mol. The Hall–Kier alpha value is -3.22. The Morgan fingerprint density at radius 3 is 2.38 bits per heavy atom. The Morgan fingerprint density at radius 1 is 1.04 bits per heavy atom. The number of esters is 1. The van der Waals surface area contributed by atoms with Crippen molar-refractivity contribution in [2.75, 3.05) is 18.2 Å². The fourth-order valence-corrected chi connectivity index (χ4v) is 2.08. The standard InChI is InChI=1S/C19H22N2O5/c1-19(2,3)26-18(23)21-12-6-5-7-13(10-12)25-14-8-9-16(20)15(11-14)17(22)24-4/h5-11H,20H2,1-4H3,(H,21,23). The van der Waals surface area contributed by atoms with Gasteiger partial charge in [-0.25, -0.2) is 9.59 Å². The Labute approximate surface area is 152 Å². The van der Waals surface area contributed by atoms with Gasteiger partial charge in [0.25, 0.3) is 0 Å². The zero-order valence-electron chi connectivity index (χ0n) is 15.2. The van der Waals surface area contributed by atoms with E-state index in [9.17, 15) is 9.59 Å². The number of nitrogen functional groups attached to an aromatic ring is 1. The SMILES string of the molecule is COC(=O)c1cc(Oc2cccc(NC(=O)OC(C)(C)C)c2)ccc1N. The minimum absolute atomic E-state index is 0.216. The molecule has 0 aliphatic carbocycles. The van der Waals surface area contributed by atoms with E-state index in [4.69, 9.17) is 15.2 Å². The molecule has 0 atom stereocenters. The number of hydrogen-bond donors (Lipinski definition) is 2. The maximum absolute atomic E-state index is 11.8. The zero-order valence-corrected chi connectivity index (χ0v) is 15.2. The Bertz CT molecular complexity index is 812. The average molecular weight is 358 g/mol. The molecule has 0 fully saturated rings. The van der Waals surface area contributed by atoms with Crippen molar-refractivity contribution in [3.8, 4) is 11.5 Å². The summed E-state index contributed by atoms with van der Waals surface area (Å²) >= 11 is 0. The molecule has 0 saturated heterocycles. The van der Waals surface area contributed by atoms with Crippen LogP contribution in [-0.4, -0.2) is 24.8 Å². The van der Waals surface area contributed by atoms with Crippen molar-refractivity contribution in [2.45, 2.75) is 26.4 Å². The van der Waals surface area contributed by atoms with Crippen LogP contribution in [0.5, 0.6) is 11.5 Å². The van der Waals surface area contributed by atoms with Crippen molar-refractivity contribution < 1.29 is 23.8 Å². The van der Waals surface area contributed by atoms with Crippen molar-refractivity contribution >= 4 is 23.4 Å². The third kappa shape index (κ3) is 5.41. The Kier molecular flexibility index (Phi) is 5.71. The van der Waals surface area contributed by atoms with Gasteiger partial charge >= 0.3 is 12.1 Å². The van der Waals surface area contributed by atoms with Crippen LogP contribution in [0.15, 0.2) is 42.5 Å². The summed E-state index contributed by atoms with van der Waals surface area (Å²) in [5.41, 5.74) is 6.21. The normalized spacial score (nSPS) is 10.8. The summed E-state index contributed by atoms with van der Waals surface area (Å²) in [5.74, 6) is 0.335. The lowest BCUT2D eigenvalue weighted by Crippen LogP contribution is -2.27. The van der Waals surface area contributed by atoms with Crippen LogP contribution < -0.4 is 15.8 Å². The molecule has 0 radical (unpaired) electrons. The molecule has 0 saturated carbocycles. The largest absolute Gasteiger partial charge is 0.465 e. The molecule has 0 bridgehead atoms. The lowest BCUT2D eigenvalue weighted by molar-refractivity contribution is 0.0599. The first kappa shape index (κ1) is 19.1. The summed E-state index contributed by atoms with van der Waals surface area (Å²) < 4.78 is 15.6. The van der Waals surface area contributed by atoms with Crippen LogP contribution in [-0.2, 0) is 9.47 Å². The summed E-state index contributed by atoms with van der Waals surface area (Å²) in [6.07, 6.45) is -0.560. The molecule has 0 aliphatic rings. The number of benzene rings is 2. The molecular formula is C19H22N2O5. The fourth-order valence-electron chi connectivity index (χ4n) is 2.08. The highest BCUT2D eigenvalue weighted by Crippen LogP contribution is 2.27. The first-order valence-corrected chi connectivity index (χ1v) is 7.94. The van der Waals surface area contributed by atoms with Gasteiger partial charge in [-0.1, -0.05) is 6.07 Å². The van der Waals surface area contributed by atoms with Gasteiger partial charge in [-0.2, -0.15) is 0 Å². The molecule has 0 aromatic heterocycles. The van der Waals surface area contributed by atoms with Gasteiger partial charge in [-0.3, -0.25) is 5.32 Å². The lowest BCUT2D eigenvalue weighted by atomic mass is 10.1. The van der Waals surface area contributed by atoms with Gasteiger partial charge in [0.2, 0.25) is 0 Å². The van der Waals surface area contributed by atoms with Crippen molar-refractivity contribution in [3.05, 3.63) is 48.0 Å². The van der Waals surface area contributed by atoms with Gasteiger partial charge in [0, 0.05) is 17.4 Å². The second kappa shape index (κ2) is 7.77. The minimum atomic E-state index is -0.591. The summed E-state index contributed by atoms with van der Waals surface area (Å²) in [7, 11) is 1.28. The van der Waals surface area contributed by atoms with Crippen LogP contribution >= 0.6 is 0 Å². The predicted molar refractivity (Wildman–Crippen MR) is 98.6 cm³/mol. The Morgan fingerprint density at radius 2 is 1.73 bits per heavy atom. The number of methoxy groups -OCH3 is 1. The van der Waals surface area contributed by atoms with Gasteiger partial charge < -0.3 is 19.9 Å². The van der Waals surface area contributed by atoms with Gasteiger partial charge in [0.1, 0.15) is 17.1 Å². The zero-order chi connectivity index (χ0) is 19.3. The van der Waals surface area contributed by atoms with E-state index in [-0.39, 0.29) is 5.56 Å². The summed E-state index contributed by atoms with van der Waals surface area (Å²) in [6, 6.07) is 11.5. The van der Waals surface area contributed by atoms with Crippen molar-refractivity contribution in [1.82, 2.24) is 0 Å². The molecule has 2 aromatic carbocycles. The highest BCUT2D eigenvalue weighted by molar-refractivity contribution is 5.95. The first-order chi connectivity index (χ1) is 12.2. The molecule has 0 aliphatic heterocycles. The molecule has 7 nitrogen and oxygen atoms in total. The number of anilines is 2. The third-order valence-corrected chi connectivity index (χ3v) is 3.15. The van der Waals surface area contributed by atoms with Crippen LogP contribution in [0.3, 0.4) is 0 Å². The molecule has 138 valence electrons. The molecule has 0 spiro atoms. The molecular weight excluding hydrogens is 336 g/mol. The second-order valence-corrected chi connectivity index (χ2v) is 6.50. The molecule has 0 unspecified atom stereocenters. The maximum Gasteiger partial charge on any atom is 0.412 e. The molecule has 2 aromatic rings. The molecule has 26 heavy (non-hydrogen) atoms. The molecule has 1 amide bonds. The maximum atomic E-state index is 11.8. The van der Waals surface area contributed by atoms with Crippen molar-refractivity contribution in [3.63, 3.8) is 0 Å². The van der Waals surface area contributed by atoms with Gasteiger partial charge in [-0.15, -0.1) is 0 Å². The molecule has 7 heteroatoms. The van der Waals surface area contributed by atoms with E-state index in [1.807, 2.05) is 0 Å². The summed E-state index contributed by atoms with van der Waals surface area (Å²) in [6.45, 7) is 5.35. The number of amides is 1. The van der Waals surface area contributed by atoms with Gasteiger partial charge in [-0.05, 0) is 51.1 Å². The smallest absolute Gasteiger partial charge is 0.412 e. The quantitative estimate of drug-likeness (QED) is 0.628. The predicted octanol–water partition coefficient (Wildman–Crippen LogP) is 4.19. The van der Waals surface area contributed by atoms with Gasteiger partial charge in [0.15, 0.2) is 0 Å². The van der Waals surface area contributed by atoms with Crippen LogP contribution in [0.1, 0.15) is 31.1 Å². The van der Waals surface area contributed by atoms with Crippen LogP contribution in [0, 0.1) is 0 Å². The number of nitrogens with one attached hydrogen (secondary N) is 1. The van der Waals surface area contributed by atoms with Crippen molar-refractivity contribution in [2.24, 2.45) is 0 Å². The minimum Gasteiger partial charge on any atom is -0.465 e. The topological polar surface area (TPSA) is 99.9 Å². The number of hydrogen-bond acceptors (Lipinski definition) is 6.